The molecule has 272 valence electrons. The number of allylic oxidation sites excluding steroid dienone is 10. The summed E-state index contributed by atoms with van der Waals surface area (Å²) in [5.74, 6) is -9.88. The van der Waals surface area contributed by atoms with Crippen LogP contribution < -0.4 is 18.9 Å². The van der Waals surface area contributed by atoms with Gasteiger partial charge < -0.3 is 18.9 Å². The SMILES string of the molecule is N#CC(C#N)=C1C2=C(C(C#N)=C1c1nc(OC(F)(F)F)cc(OC(F)(F)F)n1)C(=C(C#N)C#N)C(c1nc(OC(F)(F)F)cc(OC(F)(F)F)n1)=C2C#N. The number of hydrogen-bond donors (Lipinski definition) is 0. The standard InChI is InChI=1S/C28H2F12N10O4/c29-25(30,31)51-13-1-14(52-26(32,33)34)48-23(47-13)21-11(7-45)19-18(10(5-43)6-44)22(12(8-46)20(19)17(21)9(3-41)4-42)24-49-15(53-27(35,36)37)2-16(50-24)54-28(38,39)40/h1-2H. The van der Waals surface area contributed by atoms with E-state index in [4.69, 9.17) is 0 Å². The summed E-state index contributed by atoms with van der Waals surface area (Å²) in [7, 11) is 0. The van der Waals surface area contributed by atoms with Crippen molar-refractivity contribution >= 4 is 11.1 Å². The fourth-order valence-corrected chi connectivity index (χ4v) is 4.66. The van der Waals surface area contributed by atoms with Crippen LogP contribution in [0.2, 0.25) is 0 Å². The van der Waals surface area contributed by atoms with Gasteiger partial charge >= 0.3 is 25.4 Å². The molecule has 0 saturated carbocycles. The molecule has 0 unspecified atom stereocenters. The van der Waals surface area contributed by atoms with Crippen LogP contribution in [0.1, 0.15) is 11.6 Å². The number of halogens is 12. The summed E-state index contributed by atoms with van der Waals surface area (Å²) in [6, 6.07) is 7.53. The van der Waals surface area contributed by atoms with Crippen LogP contribution in [0.3, 0.4) is 0 Å². The van der Waals surface area contributed by atoms with E-state index >= 15 is 0 Å². The van der Waals surface area contributed by atoms with E-state index in [1.807, 2.05) is 0 Å². The summed E-state index contributed by atoms with van der Waals surface area (Å²) in [5, 5.41) is 59.8. The Morgan fingerprint density at radius 1 is 0.426 bits per heavy atom. The molecule has 0 aliphatic heterocycles. The first kappa shape index (κ1) is 39.0. The second-order valence-corrected chi connectivity index (χ2v) is 9.35. The maximum absolute atomic E-state index is 13.1. The largest absolute Gasteiger partial charge is 0.574 e. The molecule has 2 aromatic rings. The van der Waals surface area contributed by atoms with Gasteiger partial charge in [0.05, 0.1) is 23.3 Å². The van der Waals surface area contributed by atoms with Gasteiger partial charge in [-0.25, -0.2) is 0 Å². The molecule has 0 spiro atoms. The molecule has 0 N–H and O–H groups in total. The zero-order valence-electron chi connectivity index (χ0n) is 24.8. The van der Waals surface area contributed by atoms with E-state index in [2.05, 4.69) is 38.9 Å². The summed E-state index contributed by atoms with van der Waals surface area (Å²) in [4.78, 5) is 13.1. The number of nitriles is 6. The maximum atomic E-state index is 13.1. The third-order valence-corrected chi connectivity index (χ3v) is 6.11. The molecular formula is C28H2F12N10O4. The molecule has 0 radical (unpaired) electrons. The monoisotopic (exact) mass is 770 g/mol. The summed E-state index contributed by atoms with van der Waals surface area (Å²) in [6.07, 6.45) is -22.7. The predicted molar refractivity (Wildman–Crippen MR) is 139 cm³/mol. The summed E-state index contributed by atoms with van der Waals surface area (Å²) in [6.45, 7) is 0. The van der Waals surface area contributed by atoms with E-state index < -0.39 is 116 Å². The van der Waals surface area contributed by atoms with Gasteiger partial charge in [-0.2, -0.15) is 51.5 Å². The fraction of sp³-hybridized carbons (Fsp3) is 0.143. The first-order valence-electron chi connectivity index (χ1n) is 12.9. The Morgan fingerprint density at radius 3 is 0.852 bits per heavy atom. The van der Waals surface area contributed by atoms with E-state index in [0.717, 1.165) is 0 Å². The average Bonchev–Trinajstić information content (AvgIpc) is 3.51. The lowest BCUT2D eigenvalue weighted by molar-refractivity contribution is -0.280. The molecule has 26 heteroatoms. The molecular weight excluding hydrogens is 768 g/mol. The lowest BCUT2D eigenvalue weighted by Gasteiger charge is -2.16. The smallest absolute Gasteiger partial charge is 0.388 e. The van der Waals surface area contributed by atoms with Crippen molar-refractivity contribution in [3.8, 4) is 59.9 Å². The second-order valence-electron chi connectivity index (χ2n) is 9.35. The van der Waals surface area contributed by atoms with Crippen molar-refractivity contribution in [2.45, 2.75) is 25.4 Å². The highest BCUT2D eigenvalue weighted by molar-refractivity contribution is 6.10. The highest BCUT2D eigenvalue weighted by Gasteiger charge is 2.47. The minimum Gasteiger partial charge on any atom is -0.388 e. The molecule has 0 bridgehead atoms. The Kier molecular flexibility index (Phi) is 9.89. The fourth-order valence-electron chi connectivity index (χ4n) is 4.66. The van der Waals surface area contributed by atoms with Crippen LogP contribution in [0.5, 0.6) is 23.5 Å². The predicted octanol–water partition coefficient (Wildman–Crippen LogP) is 6.13. The van der Waals surface area contributed by atoms with Gasteiger partial charge in [-0.1, -0.05) is 0 Å². The van der Waals surface area contributed by atoms with Crippen molar-refractivity contribution in [1.82, 2.24) is 19.9 Å². The van der Waals surface area contributed by atoms with Gasteiger partial charge in [0.2, 0.25) is 23.5 Å². The average molecular weight is 770 g/mol. The molecule has 0 atom stereocenters. The molecule has 2 aliphatic carbocycles. The van der Waals surface area contributed by atoms with E-state index in [-0.39, 0.29) is 12.1 Å². The number of hydrogen-bond acceptors (Lipinski definition) is 14. The number of nitrogens with zero attached hydrogens (tertiary/aromatic N) is 10. The van der Waals surface area contributed by atoms with Crippen molar-refractivity contribution in [1.29, 1.82) is 31.6 Å². The lowest BCUT2D eigenvalue weighted by Crippen LogP contribution is -2.21. The van der Waals surface area contributed by atoms with E-state index in [9.17, 15) is 84.3 Å². The van der Waals surface area contributed by atoms with Gasteiger partial charge in [0.25, 0.3) is 0 Å². The summed E-state index contributed by atoms with van der Waals surface area (Å²) < 4.78 is 172. The Labute approximate surface area is 288 Å². The van der Waals surface area contributed by atoms with Crippen LogP contribution in [0.4, 0.5) is 52.7 Å². The topological polar surface area (TPSA) is 231 Å². The van der Waals surface area contributed by atoms with Crippen LogP contribution in [-0.2, 0) is 0 Å². The second kappa shape index (κ2) is 13.7. The van der Waals surface area contributed by atoms with Crippen LogP contribution in [-0.4, -0.2) is 45.4 Å². The van der Waals surface area contributed by atoms with Gasteiger partial charge in [-0.05, 0) is 0 Å². The molecule has 4 rings (SSSR count). The van der Waals surface area contributed by atoms with Crippen LogP contribution in [0.15, 0.2) is 56.7 Å². The van der Waals surface area contributed by atoms with Gasteiger partial charge in [-0.3, -0.25) is 0 Å². The van der Waals surface area contributed by atoms with Crippen molar-refractivity contribution in [2.75, 3.05) is 0 Å². The Balaban J connectivity index is 2.21. The number of aromatic nitrogens is 4. The number of alkyl halides is 12. The normalized spacial score (nSPS) is 14.3. The molecule has 2 aromatic heterocycles. The van der Waals surface area contributed by atoms with Gasteiger partial charge in [0.1, 0.15) is 47.6 Å². The molecule has 0 fully saturated rings. The highest BCUT2D eigenvalue weighted by Crippen LogP contribution is 2.57. The Hall–Kier alpha value is -7.84. The lowest BCUT2D eigenvalue weighted by atomic mass is 9.89. The van der Waals surface area contributed by atoms with Crippen molar-refractivity contribution in [2.24, 2.45) is 0 Å². The quantitative estimate of drug-likeness (QED) is 0.238. The Bertz CT molecular complexity index is 2150. The summed E-state index contributed by atoms with van der Waals surface area (Å²) in [5.41, 5.74) is -11.2. The third-order valence-electron chi connectivity index (χ3n) is 6.11. The first-order chi connectivity index (χ1) is 25.0. The van der Waals surface area contributed by atoms with Crippen molar-refractivity contribution in [3.63, 3.8) is 0 Å². The molecule has 0 amide bonds. The van der Waals surface area contributed by atoms with E-state index in [1.165, 1.54) is 36.4 Å². The van der Waals surface area contributed by atoms with Crippen molar-refractivity contribution in [3.05, 3.63) is 68.4 Å². The first-order valence-corrected chi connectivity index (χ1v) is 12.9. The molecule has 0 aromatic carbocycles. The van der Waals surface area contributed by atoms with Crippen LogP contribution in [0.25, 0.3) is 11.1 Å². The van der Waals surface area contributed by atoms with Crippen molar-refractivity contribution < 1.29 is 71.6 Å². The highest BCUT2D eigenvalue weighted by atomic mass is 19.4. The minimum absolute atomic E-state index is 0.131. The zero-order valence-corrected chi connectivity index (χ0v) is 24.8. The third kappa shape index (κ3) is 8.20. The van der Waals surface area contributed by atoms with Gasteiger partial charge in [0, 0.05) is 33.4 Å². The van der Waals surface area contributed by atoms with E-state index in [0.29, 0.717) is 0 Å². The van der Waals surface area contributed by atoms with Gasteiger partial charge in [0.15, 0.2) is 11.6 Å². The zero-order chi connectivity index (χ0) is 40.6. The molecule has 2 aliphatic rings. The Morgan fingerprint density at radius 2 is 0.667 bits per heavy atom. The molecule has 14 nitrogen and oxygen atoms in total. The van der Waals surface area contributed by atoms with E-state index in [1.54, 1.807) is 0 Å². The summed E-state index contributed by atoms with van der Waals surface area (Å²) >= 11 is 0. The molecule has 2 heterocycles. The van der Waals surface area contributed by atoms with Gasteiger partial charge in [-0.15, -0.1) is 52.7 Å². The van der Waals surface area contributed by atoms with Crippen LogP contribution in [0, 0.1) is 68.0 Å². The number of ether oxygens (including phenoxy) is 4. The minimum atomic E-state index is -5.67. The van der Waals surface area contributed by atoms with Crippen LogP contribution >= 0.6 is 0 Å². The number of rotatable bonds is 6. The molecule has 54 heavy (non-hydrogen) atoms. The maximum Gasteiger partial charge on any atom is 0.574 e. The molecule has 0 saturated heterocycles.